The fraction of sp³-hybridized carbons (Fsp3) is 0.250. The van der Waals surface area contributed by atoms with Gasteiger partial charge >= 0.3 is 6.09 Å². The van der Waals surface area contributed by atoms with Gasteiger partial charge in [0, 0.05) is 0 Å². The maximum atomic E-state index is 12.1. The Morgan fingerprint density at radius 2 is 2.17 bits per heavy atom. The highest BCUT2D eigenvalue weighted by atomic mass is 32.1. The summed E-state index contributed by atoms with van der Waals surface area (Å²) in [5.41, 5.74) is 5.69. The van der Waals surface area contributed by atoms with E-state index in [1.54, 1.807) is 6.92 Å². The number of Topliss-reactive ketones (excluding diaryl/α,β-unsaturated/α-hetero) is 1. The minimum absolute atomic E-state index is 0.308. The molecule has 1 unspecified atom stereocenters. The zero-order valence-electron chi connectivity index (χ0n) is 9.75. The SMILES string of the molecule is CCC(OC(N)=O)C(=O)c1nc2ccccc2s1. The molecule has 0 saturated heterocycles. The van der Waals surface area contributed by atoms with E-state index in [2.05, 4.69) is 4.98 Å². The first kappa shape index (κ1) is 12.5. The molecule has 0 spiro atoms. The number of nitrogens with two attached hydrogens (primary N) is 1. The quantitative estimate of drug-likeness (QED) is 0.859. The Morgan fingerprint density at radius 1 is 1.44 bits per heavy atom. The summed E-state index contributed by atoms with van der Waals surface area (Å²) in [4.78, 5) is 27.0. The summed E-state index contributed by atoms with van der Waals surface area (Å²) in [6, 6.07) is 7.46. The molecule has 1 aromatic carbocycles. The predicted octanol–water partition coefficient (Wildman–Crippen LogP) is 2.35. The molecule has 0 aliphatic rings. The highest BCUT2D eigenvalue weighted by Crippen LogP contribution is 2.23. The molecule has 6 heteroatoms. The number of nitrogens with zero attached hydrogens (tertiary/aromatic N) is 1. The Labute approximate surface area is 108 Å². The lowest BCUT2D eigenvalue weighted by molar-refractivity contribution is 0.0646. The number of fused-ring (bicyclic) bond motifs is 1. The summed E-state index contributed by atoms with van der Waals surface area (Å²) in [7, 11) is 0. The third kappa shape index (κ3) is 2.48. The highest BCUT2D eigenvalue weighted by molar-refractivity contribution is 7.20. The van der Waals surface area contributed by atoms with E-state index in [1.165, 1.54) is 11.3 Å². The molecule has 1 aromatic heterocycles. The van der Waals surface area contributed by atoms with Gasteiger partial charge in [-0.15, -0.1) is 11.3 Å². The van der Waals surface area contributed by atoms with Crippen LogP contribution in [0.3, 0.4) is 0 Å². The average Bonchev–Trinajstić information content (AvgIpc) is 2.78. The number of carbonyl (C=O) groups is 2. The van der Waals surface area contributed by atoms with E-state index in [4.69, 9.17) is 10.5 Å². The van der Waals surface area contributed by atoms with Crippen LogP contribution in [0.25, 0.3) is 10.2 Å². The molecule has 0 fully saturated rings. The molecule has 0 radical (unpaired) electrons. The second-order valence-electron chi connectivity index (χ2n) is 3.68. The Balaban J connectivity index is 2.29. The molecule has 18 heavy (non-hydrogen) atoms. The van der Waals surface area contributed by atoms with Gasteiger partial charge in [0.05, 0.1) is 10.2 Å². The van der Waals surface area contributed by atoms with Gasteiger partial charge in [0.25, 0.3) is 0 Å². The number of thiazole rings is 1. The summed E-state index contributed by atoms with van der Waals surface area (Å²) in [5.74, 6) is -0.308. The molecule has 2 rings (SSSR count). The van der Waals surface area contributed by atoms with Gasteiger partial charge in [0.15, 0.2) is 11.1 Å². The summed E-state index contributed by atoms with van der Waals surface area (Å²) in [6.45, 7) is 1.75. The second-order valence-corrected chi connectivity index (χ2v) is 4.72. The maximum Gasteiger partial charge on any atom is 0.405 e. The topological polar surface area (TPSA) is 82.3 Å². The molecule has 1 amide bonds. The summed E-state index contributed by atoms with van der Waals surface area (Å²) in [6.07, 6.45) is -1.43. The zero-order valence-corrected chi connectivity index (χ0v) is 10.6. The Morgan fingerprint density at radius 3 is 2.78 bits per heavy atom. The van der Waals surface area contributed by atoms with Crippen molar-refractivity contribution in [3.8, 4) is 0 Å². The van der Waals surface area contributed by atoms with Crippen molar-refractivity contribution in [2.45, 2.75) is 19.4 Å². The first-order valence-corrected chi connectivity index (χ1v) is 6.29. The number of aromatic nitrogens is 1. The standard InChI is InChI=1S/C12H12N2O3S/c1-2-8(17-12(13)16)10(15)11-14-7-5-3-4-6-9(7)18-11/h3-6,8H,2H2,1H3,(H2,13,16). The lowest BCUT2D eigenvalue weighted by atomic mass is 10.2. The van der Waals surface area contributed by atoms with Crippen molar-refractivity contribution in [3.63, 3.8) is 0 Å². The number of carbonyl (C=O) groups excluding carboxylic acids is 2. The first-order valence-electron chi connectivity index (χ1n) is 5.47. The van der Waals surface area contributed by atoms with E-state index in [1.807, 2.05) is 24.3 Å². The van der Waals surface area contributed by atoms with E-state index in [0.29, 0.717) is 11.4 Å². The molecule has 1 atom stereocenters. The lowest BCUT2D eigenvalue weighted by Gasteiger charge is -2.11. The van der Waals surface area contributed by atoms with Gasteiger partial charge in [-0.3, -0.25) is 4.79 Å². The van der Waals surface area contributed by atoms with E-state index in [0.717, 1.165) is 10.2 Å². The van der Waals surface area contributed by atoms with Gasteiger partial charge in [0.1, 0.15) is 0 Å². The largest absolute Gasteiger partial charge is 0.438 e. The molecular formula is C12H12N2O3S. The molecule has 0 aliphatic carbocycles. The van der Waals surface area contributed by atoms with Crippen molar-refractivity contribution >= 4 is 33.4 Å². The third-order valence-electron chi connectivity index (χ3n) is 2.43. The van der Waals surface area contributed by atoms with Gasteiger partial charge in [0.2, 0.25) is 5.78 Å². The fourth-order valence-electron chi connectivity index (χ4n) is 1.58. The smallest absolute Gasteiger partial charge is 0.405 e. The van der Waals surface area contributed by atoms with Crippen molar-refractivity contribution in [1.82, 2.24) is 4.98 Å². The van der Waals surface area contributed by atoms with E-state index in [-0.39, 0.29) is 5.78 Å². The Hall–Kier alpha value is -1.95. The van der Waals surface area contributed by atoms with Gasteiger partial charge in [-0.1, -0.05) is 19.1 Å². The normalized spacial score (nSPS) is 12.3. The predicted molar refractivity (Wildman–Crippen MR) is 68.7 cm³/mol. The number of rotatable bonds is 4. The van der Waals surface area contributed by atoms with Crippen LogP contribution in [-0.4, -0.2) is 23.0 Å². The summed E-state index contributed by atoms with van der Waals surface area (Å²) >= 11 is 1.28. The number of amides is 1. The number of ether oxygens (including phenoxy) is 1. The van der Waals surface area contributed by atoms with Gasteiger partial charge < -0.3 is 10.5 Å². The average molecular weight is 264 g/mol. The van der Waals surface area contributed by atoms with Crippen LogP contribution < -0.4 is 5.73 Å². The minimum Gasteiger partial charge on any atom is -0.438 e. The third-order valence-corrected chi connectivity index (χ3v) is 3.48. The molecule has 94 valence electrons. The van der Waals surface area contributed by atoms with Gasteiger partial charge in [-0.2, -0.15) is 0 Å². The van der Waals surface area contributed by atoms with Crippen molar-refractivity contribution < 1.29 is 14.3 Å². The van der Waals surface area contributed by atoms with Crippen LogP contribution in [0.15, 0.2) is 24.3 Å². The summed E-state index contributed by atoms with van der Waals surface area (Å²) < 4.78 is 5.69. The Kier molecular flexibility index (Phi) is 3.57. The molecule has 1 heterocycles. The van der Waals surface area contributed by atoms with Crippen molar-refractivity contribution in [3.05, 3.63) is 29.3 Å². The molecule has 0 bridgehead atoms. The number of hydrogen-bond donors (Lipinski definition) is 1. The van der Waals surface area contributed by atoms with Crippen LogP contribution in [0.5, 0.6) is 0 Å². The molecule has 0 saturated carbocycles. The zero-order chi connectivity index (χ0) is 13.1. The van der Waals surface area contributed by atoms with Crippen LogP contribution in [0.1, 0.15) is 23.1 Å². The number of para-hydroxylation sites is 1. The van der Waals surface area contributed by atoms with Gasteiger partial charge in [-0.05, 0) is 18.6 Å². The second kappa shape index (κ2) is 5.14. The molecule has 0 aliphatic heterocycles. The molecule has 2 N–H and O–H groups in total. The number of hydrogen-bond acceptors (Lipinski definition) is 5. The number of ketones is 1. The van der Waals surface area contributed by atoms with Crippen molar-refractivity contribution in [1.29, 1.82) is 0 Å². The van der Waals surface area contributed by atoms with Crippen LogP contribution in [0.2, 0.25) is 0 Å². The highest BCUT2D eigenvalue weighted by Gasteiger charge is 2.24. The first-order chi connectivity index (χ1) is 8.61. The number of primary amides is 1. The minimum atomic E-state index is -0.948. The fourth-order valence-corrected chi connectivity index (χ4v) is 2.53. The summed E-state index contributed by atoms with van der Waals surface area (Å²) in [5, 5.41) is 0.337. The number of benzene rings is 1. The Bertz CT molecular complexity index is 561. The lowest BCUT2D eigenvalue weighted by Crippen LogP contribution is -2.29. The van der Waals surface area contributed by atoms with Crippen LogP contribution in [-0.2, 0) is 4.74 Å². The maximum absolute atomic E-state index is 12.1. The van der Waals surface area contributed by atoms with Gasteiger partial charge in [-0.25, -0.2) is 9.78 Å². The van der Waals surface area contributed by atoms with Crippen LogP contribution in [0.4, 0.5) is 4.79 Å². The van der Waals surface area contributed by atoms with E-state index >= 15 is 0 Å². The molecule has 5 nitrogen and oxygen atoms in total. The molecular weight excluding hydrogens is 252 g/mol. The van der Waals surface area contributed by atoms with Crippen molar-refractivity contribution in [2.24, 2.45) is 5.73 Å². The van der Waals surface area contributed by atoms with Crippen molar-refractivity contribution in [2.75, 3.05) is 0 Å². The van der Waals surface area contributed by atoms with Crippen LogP contribution in [0, 0.1) is 0 Å². The van der Waals surface area contributed by atoms with E-state index < -0.39 is 12.2 Å². The molecule has 2 aromatic rings. The van der Waals surface area contributed by atoms with Crippen LogP contribution >= 0.6 is 11.3 Å². The monoisotopic (exact) mass is 264 g/mol. The van der Waals surface area contributed by atoms with E-state index in [9.17, 15) is 9.59 Å².